The Kier molecular flexibility index (Phi) is 4.73. The lowest BCUT2D eigenvalue weighted by atomic mass is 10.3. The Morgan fingerprint density at radius 2 is 2.00 bits per heavy atom. The molecule has 0 heterocycles. The first-order valence-electron chi connectivity index (χ1n) is 3.07. The molecule has 0 unspecified atom stereocenters. The molecule has 14 heavy (non-hydrogen) atoms. The van der Waals surface area contributed by atoms with Gasteiger partial charge in [-0.15, -0.1) is 0 Å². The minimum Gasteiger partial charge on any atom is -1.00 e. The molecule has 0 aromatic heterocycles. The number of diazo groups is 1. The molecule has 0 saturated heterocycles. The lowest BCUT2D eigenvalue weighted by Crippen LogP contribution is -3.00. The van der Waals surface area contributed by atoms with Crippen molar-refractivity contribution in [3.63, 3.8) is 0 Å². The highest BCUT2D eigenvalue weighted by Gasteiger charge is 2.16. The third-order valence-electron chi connectivity index (χ3n) is 1.32. The maximum Gasteiger partial charge on any atom is 0.398 e. The minimum atomic E-state index is -4.18. The van der Waals surface area contributed by atoms with Gasteiger partial charge >= 0.3 is 5.69 Å². The molecule has 5 nitrogen and oxygen atoms in total. The summed E-state index contributed by atoms with van der Waals surface area (Å²) < 4.78 is 30.4. The summed E-state index contributed by atoms with van der Waals surface area (Å²) in [5.41, 5.74) is 0.257. The zero-order valence-electron chi connectivity index (χ0n) is 6.55. The third kappa shape index (κ3) is 3.06. The van der Waals surface area contributed by atoms with E-state index in [2.05, 4.69) is 4.98 Å². The second-order valence-corrected chi connectivity index (χ2v) is 4.77. The van der Waals surface area contributed by atoms with E-state index in [0.717, 1.165) is 6.07 Å². The van der Waals surface area contributed by atoms with E-state index in [1.165, 1.54) is 12.1 Å². The van der Waals surface area contributed by atoms with Crippen molar-refractivity contribution in [2.24, 2.45) is 0 Å². The summed E-state index contributed by atoms with van der Waals surface area (Å²) in [4.78, 5) is 2.69. The van der Waals surface area contributed by atoms with E-state index in [-0.39, 0.29) is 23.0 Å². The van der Waals surface area contributed by atoms with Crippen LogP contribution in [0.2, 0.25) is 0 Å². The molecule has 76 valence electrons. The van der Waals surface area contributed by atoms with Crippen molar-refractivity contribution < 1.29 is 25.4 Å². The quantitative estimate of drug-likeness (QED) is 0.403. The second kappa shape index (κ2) is 4.88. The second-order valence-electron chi connectivity index (χ2n) is 2.19. The van der Waals surface area contributed by atoms with Gasteiger partial charge in [0, 0.05) is 6.07 Å². The van der Waals surface area contributed by atoms with Crippen LogP contribution in [0.25, 0.3) is 4.98 Å². The summed E-state index contributed by atoms with van der Waals surface area (Å²) in [6.45, 7) is 0. The van der Waals surface area contributed by atoms with Crippen LogP contribution in [0.1, 0.15) is 0 Å². The van der Waals surface area contributed by atoms with Gasteiger partial charge < -0.3 is 12.4 Å². The molecular weight excluding hydrogens is 343 g/mol. The number of rotatable bonds is 1. The minimum absolute atomic E-state index is 0. The van der Waals surface area contributed by atoms with E-state index in [1.54, 1.807) is 22.6 Å². The molecule has 0 fully saturated rings. The number of benzene rings is 1. The summed E-state index contributed by atoms with van der Waals surface area (Å²) in [6.07, 6.45) is 0. The van der Waals surface area contributed by atoms with Crippen LogP contribution in [0.5, 0.6) is 0 Å². The summed E-state index contributed by atoms with van der Waals surface area (Å²) >= 11 is 1.80. The molecule has 0 atom stereocenters. The fourth-order valence-corrected chi connectivity index (χ4v) is 2.07. The molecule has 0 aliphatic rings. The van der Waals surface area contributed by atoms with E-state index >= 15 is 0 Å². The van der Waals surface area contributed by atoms with Crippen LogP contribution in [0.15, 0.2) is 23.1 Å². The number of hydrogen-bond acceptors (Lipinski definition) is 3. The van der Waals surface area contributed by atoms with Crippen molar-refractivity contribution >= 4 is 38.4 Å². The van der Waals surface area contributed by atoms with Crippen LogP contribution < -0.4 is 12.4 Å². The monoisotopic (exact) mass is 346 g/mol. The fraction of sp³-hybridized carbons (Fsp3) is 0. The maximum absolute atomic E-state index is 10.6. The first-order chi connectivity index (χ1) is 5.95. The highest BCUT2D eigenvalue weighted by atomic mass is 127. The van der Waals surface area contributed by atoms with E-state index in [1.807, 2.05) is 0 Å². The smallest absolute Gasteiger partial charge is 0.398 e. The van der Waals surface area contributed by atoms with Crippen molar-refractivity contribution in [3.05, 3.63) is 26.7 Å². The molecule has 1 aromatic carbocycles. The van der Waals surface area contributed by atoms with Gasteiger partial charge in [0.05, 0.1) is 4.90 Å². The predicted octanol–water partition coefficient (Wildman–Crippen LogP) is -0.974. The van der Waals surface area contributed by atoms with Crippen LogP contribution in [0.4, 0.5) is 5.69 Å². The van der Waals surface area contributed by atoms with Gasteiger partial charge in [0.15, 0.2) is 4.98 Å². The lowest BCUT2D eigenvalue weighted by Gasteiger charge is -1.94. The van der Waals surface area contributed by atoms with E-state index < -0.39 is 10.1 Å². The van der Waals surface area contributed by atoms with Crippen molar-refractivity contribution in [3.8, 4) is 0 Å². The number of nitrogens with zero attached hydrogens (tertiary/aromatic N) is 2. The van der Waals surface area contributed by atoms with Crippen LogP contribution in [0, 0.1) is 8.96 Å². The Morgan fingerprint density at radius 3 is 2.36 bits per heavy atom. The Labute approximate surface area is 100 Å². The summed E-state index contributed by atoms with van der Waals surface area (Å²) in [5.74, 6) is 0. The highest BCUT2D eigenvalue weighted by Crippen LogP contribution is 2.24. The Hall–Kier alpha value is -0.430. The average molecular weight is 347 g/mol. The molecule has 0 amide bonds. The normalized spacial score (nSPS) is 10.1. The average Bonchev–Trinajstić information content (AvgIpc) is 2.02. The predicted molar refractivity (Wildman–Crippen MR) is 53.7 cm³/mol. The standard InChI is InChI=1S/C6H3IN2O3S.ClH/c7-5-3-4(13(10,11)12)1-2-6(5)9-8;/h1-3H;1H. The molecular formula is C6H4ClIN2O3S. The van der Waals surface area contributed by atoms with Crippen molar-refractivity contribution in [2.45, 2.75) is 4.90 Å². The van der Waals surface area contributed by atoms with Crippen LogP contribution >= 0.6 is 22.6 Å². The molecule has 0 aliphatic heterocycles. The summed E-state index contributed by atoms with van der Waals surface area (Å²) in [6, 6.07) is 3.67. The summed E-state index contributed by atoms with van der Waals surface area (Å²) in [5, 5.41) is 8.42. The Bertz CT molecular complexity index is 482. The SMILES string of the molecule is N#[N+]c1ccc(S(=O)(=O)O)cc1I.[Cl-]. The lowest BCUT2D eigenvalue weighted by molar-refractivity contribution is -0.00000688. The Balaban J connectivity index is 0.00000169. The first kappa shape index (κ1) is 13.6. The van der Waals surface area contributed by atoms with Gasteiger partial charge in [-0.25, -0.2) is 0 Å². The zero-order valence-corrected chi connectivity index (χ0v) is 10.3. The summed E-state index contributed by atoms with van der Waals surface area (Å²) in [7, 11) is -4.18. The van der Waals surface area contributed by atoms with E-state index in [4.69, 9.17) is 9.95 Å². The highest BCUT2D eigenvalue weighted by molar-refractivity contribution is 14.1. The van der Waals surface area contributed by atoms with Gasteiger partial charge in [0.2, 0.25) is 5.39 Å². The maximum atomic E-state index is 10.6. The number of halogens is 2. The van der Waals surface area contributed by atoms with E-state index in [0.29, 0.717) is 3.57 Å². The zero-order chi connectivity index (χ0) is 10.1. The molecule has 1 N–H and O–H groups in total. The Morgan fingerprint density at radius 1 is 1.43 bits per heavy atom. The van der Waals surface area contributed by atoms with Crippen molar-refractivity contribution in [2.75, 3.05) is 0 Å². The van der Waals surface area contributed by atoms with Gasteiger partial charge in [-0.05, 0) is 34.7 Å². The van der Waals surface area contributed by atoms with Gasteiger partial charge in [-0.3, -0.25) is 4.55 Å². The van der Waals surface area contributed by atoms with Crippen molar-refractivity contribution in [1.29, 1.82) is 5.39 Å². The third-order valence-corrected chi connectivity index (χ3v) is 3.04. The molecule has 0 saturated carbocycles. The molecule has 1 aromatic rings. The van der Waals surface area contributed by atoms with Crippen molar-refractivity contribution in [1.82, 2.24) is 0 Å². The van der Waals surface area contributed by atoms with Crippen LogP contribution in [-0.2, 0) is 10.1 Å². The topological polar surface area (TPSA) is 82.5 Å². The molecule has 0 aliphatic carbocycles. The first-order valence-corrected chi connectivity index (χ1v) is 5.59. The van der Waals surface area contributed by atoms with E-state index in [9.17, 15) is 8.42 Å². The molecule has 0 radical (unpaired) electrons. The fourth-order valence-electron chi connectivity index (χ4n) is 0.729. The van der Waals surface area contributed by atoms with Gasteiger partial charge in [-0.1, -0.05) is 0 Å². The van der Waals surface area contributed by atoms with Gasteiger partial charge in [0.25, 0.3) is 10.1 Å². The van der Waals surface area contributed by atoms with Gasteiger partial charge in [-0.2, -0.15) is 8.42 Å². The largest absolute Gasteiger partial charge is 1.00 e. The molecule has 0 bridgehead atoms. The van der Waals surface area contributed by atoms with Crippen LogP contribution in [0.3, 0.4) is 0 Å². The van der Waals surface area contributed by atoms with Gasteiger partial charge in [0.1, 0.15) is 3.57 Å². The molecule has 0 spiro atoms. The number of hydrogen-bond donors (Lipinski definition) is 1. The molecule has 8 heteroatoms. The van der Waals surface area contributed by atoms with Crippen LogP contribution in [-0.4, -0.2) is 13.0 Å². The molecule has 1 rings (SSSR count).